The molecule has 2 unspecified atom stereocenters. The lowest BCUT2D eigenvalue weighted by atomic mass is 10.0. The smallest absolute Gasteiger partial charge is 0.274 e. The van der Waals surface area contributed by atoms with E-state index in [1.807, 2.05) is 6.92 Å². The molecule has 1 saturated heterocycles. The highest BCUT2D eigenvalue weighted by Crippen LogP contribution is 2.23. The fraction of sp³-hybridized carbons (Fsp3) is 0.421. The van der Waals surface area contributed by atoms with Crippen molar-refractivity contribution in [2.24, 2.45) is 5.92 Å². The Bertz CT molecular complexity index is 892. The molecule has 1 aromatic heterocycles. The van der Waals surface area contributed by atoms with Gasteiger partial charge >= 0.3 is 0 Å². The number of halogens is 1. The van der Waals surface area contributed by atoms with E-state index < -0.39 is 9.52 Å². The first-order valence-corrected chi connectivity index (χ1v) is 10.8. The SMILES string of the molecule is C=S1(=O)CCC(CCN(Cc2ccccc2F)C(=O)c2cc(C)[nH]n2)C1. The number of aryl methyl sites for hydroxylation is 1. The van der Waals surface area contributed by atoms with Gasteiger partial charge in [0.05, 0.1) is 0 Å². The van der Waals surface area contributed by atoms with E-state index in [9.17, 15) is 13.4 Å². The summed E-state index contributed by atoms with van der Waals surface area (Å²) in [6.07, 6.45) is 1.60. The zero-order valence-corrected chi connectivity index (χ0v) is 15.7. The largest absolute Gasteiger partial charge is 0.333 e. The third-order valence-corrected chi connectivity index (χ3v) is 6.83. The van der Waals surface area contributed by atoms with Gasteiger partial charge < -0.3 is 4.90 Å². The molecule has 0 radical (unpaired) electrons. The van der Waals surface area contributed by atoms with Crippen LogP contribution in [0.4, 0.5) is 4.39 Å². The third kappa shape index (κ3) is 4.52. The Morgan fingerprint density at radius 2 is 2.23 bits per heavy atom. The first-order chi connectivity index (χ1) is 12.3. The van der Waals surface area contributed by atoms with Crippen molar-refractivity contribution in [3.05, 3.63) is 53.1 Å². The molecule has 26 heavy (non-hydrogen) atoms. The van der Waals surface area contributed by atoms with E-state index in [2.05, 4.69) is 16.1 Å². The first kappa shape index (κ1) is 18.6. The maximum Gasteiger partial charge on any atom is 0.274 e. The second kappa shape index (κ2) is 7.61. The number of aromatic nitrogens is 2. The number of nitrogens with zero attached hydrogens (tertiary/aromatic N) is 2. The number of aromatic amines is 1. The summed E-state index contributed by atoms with van der Waals surface area (Å²) in [6, 6.07) is 8.16. The van der Waals surface area contributed by atoms with Gasteiger partial charge in [0.1, 0.15) is 11.5 Å². The van der Waals surface area contributed by atoms with Gasteiger partial charge in [-0.15, -0.1) is 0 Å². The predicted molar refractivity (Wildman–Crippen MR) is 102 cm³/mol. The number of hydrogen-bond acceptors (Lipinski definition) is 3. The van der Waals surface area contributed by atoms with Crippen LogP contribution in [0.5, 0.6) is 0 Å². The number of H-pyrrole nitrogens is 1. The summed E-state index contributed by atoms with van der Waals surface area (Å²) in [5, 5.41) is 6.81. The standard InChI is InChI=1S/C19H24FN3O2S/c1-14-11-18(22-21-14)19(24)23(12-16-5-3-4-6-17(16)20)9-7-15-8-10-26(2,25)13-15/h3-6,11,15H,2,7-10,12-13H2,1H3,(H,21,22). The molecule has 2 atom stereocenters. The van der Waals surface area contributed by atoms with Crippen molar-refractivity contribution < 1.29 is 13.4 Å². The second-order valence-corrected chi connectivity index (χ2v) is 9.71. The summed E-state index contributed by atoms with van der Waals surface area (Å²) in [6.45, 7) is 2.48. The van der Waals surface area contributed by atoms with E-state index in [0.717, 1.165) is 18.5 Å². The highest BCUT2D eigenvalue weighted by molar-refractivity contribution is 8.00. The Balaban J connectivity index is 1.75. The Kier molecular flexibility index (Phi) is 5.46. The Morgan fingerprint density at radius 1 is 1.46 bits per heavy atom. The van der Waals surface area contributed by atoms with E-state index in [1.54, 1.807) is 29.2 Å². The Hall–Kier alpha value is -2.15. The molecule has 1 aliphatic heterocycles. The van der Waals surface area contributed by atoms with Gasteiger partial charge in [-0.05, 0) is 53.2 Å². The summed E-state index contributed by atoms with van der Waals surface area (Å²) in [5.41, 5.74) is 1.60. The van der Waals surface area contributed by atoms with E-state index in [1.165, 1.54) is 6.07 Å². The van der Waals surface area contributed by atoms with Gasteiger partial charge in [0.2, 0.25) is 0 Å². The van der Waals surface area contributed by atoms with Crippen LogP contribution >= 0.6 is 0 Å². The van der Waals surface area contributed by atoms with Crippen LogP contribution in [-0.4, -0.2) is 49.1 Å². The van der Waals surface area contributed by atoms with Gasteiger partial charge in [0.25, 0.3) is 5.91 Å². The van der Waals surface area contributed by atoms with Crippen molar-refractivity contribution in [3.8, 4) is 0 Å². The average molecular weight is 377 g/mol. The average Bonchev–Trinajstić information content (AvgIpc) is 3.17. The topological polar surface area (TPSA) is 66.1 Å². The Labute approximate surface area is 153 Å². The maximum absolute atomic E-state index is 14.1. The minimum absolute atomic E-state index is 0.184. The summed E-state index contributed by atoms with van der Waals surface area (Å²) in [7, 11) is -1.96. The summed E-state index contributed by atoms with van der Waals surface area (Å²) < 4.78 is 26.1. The quantitative estimate of drug-likeness (QED) is 0.787. The summed E-state index contributed by atoms with van der Waals surface area (Å²) in [4.78, 5) is 14.5. The zero-order chi connectivity index (χ0) is 18.7. The molecule has 1 aliphatic rings. The van der Waals surface area contributed by atoms with Crippen LogP contribution in [0, 0.1) is 18.7 Å². The minimum atomic E-state index is -1.96. The molecule has 2 heterocycles. The van der Waals surface area contributed by atoms with Gasteiger partial charge in [-0.3, -0.25) is 14.1 Å². The minimum Gasteiger partial charge on any atom is -0.333 e. The fourth-order valence-corrected chi connectivity index (χ4v) is 5.44. The van der Waals surface area contributed by atoms with Crippen molar-refractivity contribution in [2.45, 2.75) is 26.3 Å². The number of hydrogen-bond donors (Lipinski definition) is 1. The number of benzene rings is 1. The van der Waals surface area contributed by atoms with Crippen LogP contribution in [0.1, 0.15) is 34.6 Å². The van der Waals surface area contributed by atoms with Gasteiger partial charge in [0.15, 0.2) is 0 Å². The van der Waals surface area contributed by atoms with Crippen molar-refractivity contribution in [2.75, 3.05) is 18.1 Å². The van der Waals surface area contributed by atoms with Crippen molar-refractivity contribution in [1.29, 1.82) is 0 Å². The normalized spacial score (nSPS) is 22.5. The lowest BCUT2D eigenvalue weighted by molar-refractivity contribution is 0.0727. The van der Waals surface area contributed by atoms with Crippen LogP contribution in [-0.2, 0) is 16.1 Å². The molecule has 1 amide bonds. The number of carbonyl (C=O) groups is 1. The van der Waals surface area contributed by atoms with E-state index >= 15 is 0 Å². The monoisotopic (exact) mass is 377 g/mol. The van der Waals surface area contributed by atoms with Gasteiger partial charge in [-0.25, -0.2) is 4.39 Å². The molecule has 1 fully saturated rings. The zero-order valence-electron chi connectivity index (χ0n) is 14.9. The number of rotatable bonds is 6. The van der Waals surface area contributed by atoms with Crippen LogP contribution in [0.15, 0.2) is 30.3 Å². The van der Waals surface area contributed by atoms with Gasteiger partial charge in [-0.1, -0.05) is 18.2 Å². The van der Waals surface area contributed by atoms with Crippen molar-refractivity contribution in [1.82, 2.24) is 15.1 Å². The molecule has 7 heteroatoms. The maximum atomic E-state index is 14.1. The van der Waals surface area contributed by atoms with Crippen LogP contribution in [0.2, 0.25) is 0 Å². The highest BCUT2D eigenvalue weighted by Gasteiger charge is 2.26. The fourth-order valence-electron chi connectivity index (χ4n) is 3.32. The van der Waals surface area contributed by atoms with Crippen LogP contribution in [0.25, 0.3) is 0 Å². The molecule has 140 valence electrons. The highest BCUT2D eigenvalue weighted by atomic mass is 32.2. The lowest BCUT2D eigenvalue weighted by Gasteiger charge is -2.23. The lowest BCUT2D eigenvalue weighted by Crippen LogP contribution is -2.33. The molecule has 0 spiro atoms. The van der Waals surface area contributed by atoms with Crippen LogP contribution in [0.3, 0.4) is 0 Å². The molecule has 0 saturated carbocycles. The van der Waals surface area contributed by atoms with Crippen molar-refractivity contribution in [3.63, 3.8) is 0 Å². The summed E-state index contributed by atoms with van der Waals surface area (Å²) >= 11 is 0. The molecule has 0 bridgehead atoms. The molecule has 1 aromatic carbocycles. The van der Waals surface area contributed by atoms with Gasteiger partial charge in [0, 0.05) is 35.9 Å². The number of amides is 1. The van der Waals surface area contributed by atoms with Crippen LogP contribution < -0.4 is 0 Å². The molecule has 0 aliphatic carbocycles. The third-order valence-electron chi connectivity index (χ3n) is 4.78. The molecule has 5 nitrogen and oxygen atoms in total. The molecule has 3 rings (SSSR count). The number of carbonyl (C=O) groups excluding carboxylic acids is 1. The summed E-state index contributed by atoms with van der Waals surface area (Å²) in [5.74, 6) is 4.78. The molecule has 1 N–H and O–H groups in total. The van der Waals surface area contributed by atoms with E-state index in [0.29, 0.717) is 29.3 Å². The second-order valence-electron chi connectivity index (χ2n) is 7.03. The van der Waals surface area contributed by atoms with Gasteiger partial charge in [-0.2, -0.15) is 5.10 Å². The van der Waals surface area contributed by atoms with E-state index in [-0.39, 0.29) is 24.2 Å². The number of nitrogens with one attached hydrogen (secondary N) is 1. The molecule has 2 aromatic rings. The molecular formula is C19H24FN3O2S. The molecular weight excluding hydrogens is 353 g/mol. The van der Waals surface area contributed by atoms with Crippen molar-refractivity contribution >= 4 is 21.3 Å². The Morgan fingerprint density at radius 3 is 2.85 bits per heavy atom. The first-order valence-electron chi connectivity index (χ1n) is 8.71. The predicted octanol–water partition coefficient (Wildman–Crippen LogP) is 2.63. The van der Waals surface area contributed by atoms with E-state index in [4.69, 9.17) is 0 Å².